The molecule has 0 amide bonds. The largest absolute Gasteiger partial charge is 0.492 e. The minimum Gasteiger partial charge on any atom is -0.492 e. The normalized spacial score (nSPS) is 11.4. The third-order valence-electron chi connectivity index (χ3n) is 5.33. The zero-order valence-corrected chi connectivity index (χ0v) is 18.8. The minimum atomic E-state index is -0.935. The van der Waals surface area contributed by atoms with E-state index in [9.17, 15) is 4.79 Å². The van der Waals surface area contributed by atoms with Crippen LogP contribution in [0.2, 0.25) is 0 Å². The molecule has 0 fully saturated rings. The Labute approximate surface area is 199 Å². The summed E-state index contributed by atoms with van der Waals surface area (Å²) in [6.45, 7) is 2.25. The van der Waals surface area contributed by atoms with Gasteiger partial charge in [-0.05, 0) is 46.9 Å². The first-order chi connectivity index (χ1) is 16.7. The zero-order chi connectivity index (χ0) is 23.6. The molecule has 2 N–H and O–H groups in total. The highest BCUT2D eigenvalue weighted by Gasteiger charge is 2.06. The van der Waals surface area contributed by atoms with Crippen LogP contribution in [0.4, 0.5) is 0 Å². The quantitative estimate of drug-likeness (QED) is 0.287. The van der Waals surface area contributed by atoms with Gasteiger partial charge in [-0.15, -0.1) is 0 Å². The summed E-state index contributed by atoms with van der Waals surface area (Å²) in [5.74, 6) is 0.741. The van der Waals surface area contributed by atoms with Crippen molar-refractivity contribution in [2.24, 2.45) is 0 Å². The van der Waals surface area contributed by atoms with E-state index in [1.807, 2.05) is 60.7 Å². The Morgan fingerprint density at radius 1 is 0.824 bits per heavy atom. The van der Waals surface area contributed by atoms with Gasteiger partial charge in [-0.25, -0.2) is 4.79 Å². The number of rotatable bonds is 11. The first-order valence-electron chi connectivity index (χ1n) is 11.2. The van der Waals surface area contributed by atoms with E-state index in [0.29, 0.717) is 26.3 Å². The number of para-hydroxylation sites is 1. The summed E-state index contributed by atoms with van der Waals surface area (Å²) < 4.78 is 12.0. The van der Waals surface area contributed by atoms with Crippen molar-refractivity contribution in [2.75, 3.05) is 26.3 Å². The monoisotopic (exact) mass is 453 g/mol. The highest BCUT2D eigenvalue weighted by Crippen LogP contribution is 2.25. The highest BCUT2D eigenvalue weighted by atomic mass is 16.5. The number of hydrogen-bond acceptors (Lipinski definition) is 4. The summed E-state index contributed by atoms with van der Waals surface area (Å²) in [6.07, 6.45) is 2.03. The lowest BCUT2D eigenvalue weighted by atomic mass is 10.1. The number of carboxylic acid groups (broad SMARTS) is 1. The molecule has 5 nitrogen and oxygen atoms in total. The molecule has 0 spiro atoms. The highest BCUT2D eigenvalue weighted by molar-refractivity contribution is 5.88. The van der Waals surface area contributed by atoms with Crippen molar-refractivity contribution in [1.29, 1.82) is 0 Å². The van der Waals surface area contributed by atoms with Gasteiger partial charge in [0.25, 0.3) is 0 Å². The van der Waals surface area contributed by atoms with Gasteiger partial charge in [-0.3, -0.25) is 0 Å². The van der Waals surface area contributed by atoms with Gasteiger partial charge in [-0.1, -0.05) is 72.8 Å². The Hall–Kier alpha value is -4.09. The van der Waals surface area contributed by atoms with Crippen molar-refractivity contribution in [3.8, 4) is 11.5 Å². The predicted octanol–water partition coefficient (Wildman–Crippen LogP) is 5.67. The summed E-state index contributed by atoms with van der Waals surface area (Å²) in [5, 5.41) is 14.8. The number of nitrogens with one attached hydrogen (secondary N) is 1. The number of hydrogen-bond donors (Lipinski definition) is 2. The summed E-state index contributed by atoms with van der Waals surface area (Å²) in [6, 6.07) is 30.7. The molecule has 0 unspecified atom stereocenters. The average molecular weight is 454 g/mol. The average Bonchev–Trinajstić information content (AvgIpc) is 2.88. The lowest BCUT2D eigenvalue weighted by Crippen LogP contribution is -2.25. The second-order valence-electron chi connectivity index (χ2n) is 7.83. The van der Waals surface area contributed by atoms with Crippen LogP contribution in [0.1, 0.15) is 15.9 Å². The number of carboxylic acids is 1. The Morgan fingerprint density at radius 3 is 2.35 bits per heavy atom. The van der Waals surface area contributed by atoms with Crippen molar-refractivity contribution in [3.05, 3.63) is 114 Å². The SMILES string of the molecule is O=C(O)c1ccc(C=C(CNCCOc2ccccc2)COc2cccc3ccccc23)cc1. The maximum atomic E-state index is 11.1. The molecule has 0 aliphatic rings. The van der Waals surface area contributed by atoms with Gasteiger partial charge < -0.3 is 19.9 Å². The lowest BCUT2D eigenvalue weighted by molar-refractivity contribution is 0.0697. The van der Waals surface area contributed by atoms with Crippen LogP contribution in [0.5, 0.6) is 11.5 Å². The molecule has 4 aromatic rings. The molecule has 34 heavy (non-hydrogen) atoms. The molecule has 0 atom stereocenters. The number of fused-ring (bicyclic) bond motifs is 1. The summed E-state index contributed by atoms with van der Waals surface area (Å²) >= 11 is 0. The van der Waals surface area contributed by atoms with E-state index < -0.39 is 5.97 Å². The molecular formula is C29H27NO4. The topological polar surface area (TPSA) is 67.8 Å². The zero-order valence-electron chi connectivity index (χ0n) is 18.8. The van der Waals surface area contributed by atoms with Crippen molar-refractivity contribution in [2.45, 2.75) is 0 Å². The minimum absolute atomic E-state index is 0.266. The molecule has 0 aliphatic carbocycles. The van der Waals surface area contributed by atoms with Crippen LogP contribution < -0.4 is 14.8 Å². The van der Waals surface area contributed by atoms with Crippen molar-refractivity contribution >= 4 is 22.8 Å². The van der Waals surface area contributed by atoms with E-state index in [1.165, 1.54) is 0 Å². The molecule has 5 heteroatoms. The Kier molecular flexibility index (Phi) is 7.93. The van der Waals surface area contributed by atoms with Gasteiger partial charge in [0, 0.05) is 18.5 Å². The van der Waals surface area contributed by atoms with Crippen LogP contribution in [0.15, 0.2) is 103 Å². The van der Waals surface area contributed by atoms with Crippen LogP contribution in [-0.2, 0) is 0 Å². The summed E-state index contributed by atoms with van der Waals surface area (Å²) in [5.41, 5.74) is 2.22. The van der Waals surface area contributed by atoms with Gasteiger partial charge in [-0.2, -0.15) is 0 Å². The summed E-state index contributed by atoms with van der Waals surface area (Å²) in [4.78, 5) is 11.1. The van der Waals surface area contributed by atoms with Gasteiger partial charge in [0.2, 0.25) is 0 Å². The van der Waals surface area contributed by atoms with Crippen LogP contribution in [0, 0.1) is 0 Å². The fourth-order valence-corrected chi connectivity index (χ4v) is 3.60. The Balaban J connectivity index is 1.42. The van der Waals surface area contributed by atoms with E-state index in [-0.39, 0.29) is 5.56 Å². The van der Waals surface area contributed by atoms with Gasteiger partial charge in [0.15, 0.2) is 0 Å². The molecule has 0 aromatic heterocycles. The third-order valence-corrected chi connectivity index (χ3v) is 5.33. The van der Waals surface area contributed by atoms with E-state index in [0.717, 1.165) is 33.4 Å². The van der Waals surface area contributed by atoms with Crippen molar-refractivity contribution < 1.29 is 19.4 Å². The van der Waals surface area contributed by atoms with Crippen LogP contribution in [0.25, 0.3) is 16.8 Å². The fourth-order valence-electron chi connectivity index (χ4n) is 3.60. The smallest absolute Gasteiger partial charge is 0.335 e. The molecule has 0 bridgehead atoms. The Bertz CT molecular complexity index is 1240. The molecule has 4 rings (SSSR count). The summed E-state index contributed by atoms with van der Waals surface area (Å²) in [7, 11) is 0. The second-order valence-corrected chi connectivity index (χ2v) is 7.83. The van der Waals surface area contributed by atoms with Crippen molar-refractivity contribution in [1.82, 2.24) is 5.32 Å². The first-order valence-corrected chi connectivity index (χ1v) is 11.2. The Morgan fingerprint density at radius 2 is 1.56 bits per heavy atom. The third kappa shape index (κ3) is 6.47. The fraction of sp³-hybridized carbons (Fsp3) is 0.138. The number of carbonyl (C=O) groups is 1. The molecular weight excluding hydrogens is 426 g/mol. The lowest BCUT2D eigenvalue weighted by Gasteiger charge is -2.14. The molecule has 0 radical (unpaired) electrons. The molecule has 4 aromatic carbocycles. The second kappa shape index (κ2) is 11.7. The van der Waals surface area contributed by atoms with Gasteiger partial charge in [0.05, 0.1) is 5.56 Å². The predicted molar refractivity (Wildman–Crippen MR) is 136 cm³/mol. The van der Waals surface area contributed by atoms with Crippen molar-refractivity contribution in [3.63, 3.8) is 0 Å². The number of aromatic carboxylic acids is 1. The molecule has 0 heterocycles. The maximum absolute atomic E-state index is 11.1. The van der Waals surface area contributed by atoms with Gasteiger partial charge in [0.1, 0.15) is 24.7 Å². The van der Waals surface area contributed by atoms with Crippen LogP contribution in [0.3, 0.4) is 0 Å². The number of ether oxygens (including phenoxy) is 2. The van der Waals surface area contributed by atoms with Crippen LogP contribution >= 0.6 is 0 Å². The first kappa shape index (κ1) is 23.1. The maximum Gasteiger partial charge on any atom is 0.335 e. The molecule has 172 valence electrons. The standard InChI is InChI=1S/C29H27NO4/c31-29(32)25-15-13-22(14-16-25)19-23(20-30-17-18-33-26-9-2-1-3-10-26)21-34-28-12-6-8-24-7-4-5-11-27(24)28/h1-16,19,30H,17-18,20-21H2,(H,31,32). The van der Waals surface area contributed by atoms with E-state index >= 15 is 0 Å². The molecule has 0 saturated heterocycles. The molecule has 0 saturated carbocycles. The van der Waals surface area contributed by atoms with E-state index in [1.54, 1.807) is 24.3 Å². The van der Waals surface area contributed by atoms with Crippen LogP contribution in [-0.4, -0.2) is 37.4 Å². The van der Waals surface area contributed by atoms with E-state index in [4.69, 9.17) is 14.6 Å². The van der Waals surface area contributed by atoms with E-state index in [2.05, 4.69) is 23.5 Å². The number of benzene rings is 4. The molecule has 0 aliphatic heterocycles. The van der Waals surface area contributed by atoms with Gasteiger partial charge >= 0.3 is 5.97 Å².